The normalized spacial score (nSPS) is 20.2. The molecule has 3 unspecified atom stereocenters. The third-order valence-electron chi connectivity index (χ3n) is 5.52. The number of rotatable bonds is 8. The van der Waals surface area contributed by atoms with Gasteiger partial charge in [-0.25, -0.2) is 0 Å². The van der Waals surface area contributed by atoms with Crippen LogP contribution in [0.5, 0.6) is 0 Å². The van der Waals surface area contributed by atoms with Crippen molar-refractivity contribution in [1.82, 2.24) is 15.5 Å². The highest BCUT2D eigenvalue weighted by Gasteiger charge is 2.48. The van der Waals surface area contributed by atoms with Gasteiger partial charge in [-0.2, -0.15) is 0 Å². The first-order valence-corrected chi connectivity index (χ1v) is 11.3. The second-order valence-electron chi connectivity index (χ2n) is 7.54. The summed E-state index contributed by atoms with van der Waals surface area (Å²) in [6.45, 7) is 0.747. The van der Waals surface area contributed by atoms with E-state index < -0.39 is 12.1 Å². The van der Waals surface area contributed by atoms with Crippen LogP contribution in [0.4, 0.5) is 0 Å². The molecule has 0 radical (unpaired) electrons. The number of methoxy groups -OCH3 is 1. The highest BCUT2D eigenvalue weighted by Crippen LogP contribution is 2.48. The zero-order valence-electron chi connectivity index (χ0n) is 17.2. The van der Waals surface area contributed by atoms with Gasteiger partial charge in [0.25, 0.3) is 5.91 Å². The Balaban J connectivity index is 1.48. The fourth-order valence-corrected chi connectivity index (χ4v) is 5.43. The number of hydrogen-bond acceptors (Lipinski definition) is 5. The minimum atomic E-state index is -0.740. The van der Waals surface area contributed by atoms with Crippen molar-refractivity contribution in [3.8, 4) is 0 Å². The lowest BCUT2D eigenvalue weighted by atomic mass is 10.0. The Kier molecular flexibility index (Phi) is 6.58. The Labute approximate surface area is 185 Å². The van der Waals surface area contributed by atoms with Crippen LogP contribution in [0.1, 0.15) is 26.9 Å². The Morgan fingerprint density at radius 2 is 1.90 bits per heavy atom. The monoisotopic (exact) mass is 439 g/mol. The predicted octanol–water partition coefficient (Wildman–Crippen LogP) is 1.75. The van der Waals surface area contributed by atoms with Crippen LogP contribution >= 0.6 is 11.8 Å². The molecule has 0 aromatic heterocycles. The van der Waals surface area contributed by atoms with Crippen molar-refractivity contribution in [3.05, 3.63) is 71.3 Å². The molecule has 4 rings (SSSR count). The van der Waals surface area contributed by atoms with Gasteiger partial charge < -0.3 is 20.3 Å². The average Bonchev–Trinajstić information content (AvgIpc) is 3.34. The van der Waals surface area contributed by atoms with E-state index in [1.165, 1.54) is 0 Å². The molecule has 3 amide bonds. The zero-order valence-corrected chi connectivity index (χ0v) is 18.1. The van der Waals surface area contributed by atoms with Gasteiger partial charge in [-0.1, -0.05) is 48.5 Å². The largest absolute Gasteiger partial charge is 0.383 e. The van der Waals surface area contributed by atoms with Gasteiger partial charge in [0, 0.05) is 31.4 Å². The number of amides is 3. The summed E-state index contributed by atoms with van der Waals surface area (Å²) in [5, 5.41) is 5.55. The van der Waals surface area contributed by atoms with Crippen molar-refractivity contribution in [2.45, 2.75) is 23.9 Å². The van der Waals surface area contributed by atoms with E-state index in [1.54, 1.807) is 29.8 Å². The molecule has 2 aliphatic rings. The molecule has 2 aliphatic heterocycles. The minimum Gasteiger partial charge on any atom is -0.383 e. The molecule has 0 aliphatic carbocycles. The lowest BCUT2D eigenvalue weighted by Crippen LogP contribution is -2.54. The second-order valence-corrected chi connectivity index (χ2v) is 8.65. The summed E-state index contributed by atoms with van der Waals surface area (Å²) in [7, 11) is 1.56. The van der Waals surface area contributed by atoms with Crippen molar-refractivity contribution >= 4 is 29.5 Å². The number of ether oxygens (including phenoxy) is 1. The molecule has 2 aromatic rings. The lowest BCUT2D eigenvalue weighted by Gasteiger charge is -2.25. The van der Waals surface area contributed by atoms with E-state index in [-0.39, 0.29) is 23.1 Å². The SMILES string of the molecule is COCCNC(=O)C(Cc1ccccc1)NC(=O)C1CSC2c3ccccc3C(=O)N12. The van der Waals surface area contributed by atoms with Crippen LogP contribution in [0.25, 0.3) is 0 Å². The van der Waals surface area contributed by atoms with Gasteiger partial charge in [-0.15, -0.1) is 11.8 Å². The molecule has 1 fully saturated rings. The van der Waals surface area contributed by atoms with E-state index >= 15 is 0 Å². The second kappa shape index (κ2) is 9.53. The molecular weight excluding hydrogens is 414 g/mol. The Hall–Kier alpha value is -2.84. The Bertz CT molecular complexity index is 968. The molecule has 2 aromatic carbocycles. The van der Waals surface area contributed by atoms with Crippen LogP contribution in [-0.2, 0) is 20.7 Å². The maximum Gasteiger partial charge on any atom is 0.256 e. The zero-order chi connectivity index (χ0) is 21.8. The molecule has 1 saturated heterocycles. The topological polar surface area (TPSA) is 87.7 Å². The van der Waals surface area contributed by atoms with Crippen molar-refractivity contribution in [2.75, 3.05) is 26.0 Å². The van der Waals surface area contributed by atoms with Crippen LogP contribution in [-0.4, -0.2) is 60.7 Å². The third kappa shape index (κ3) is 4.45. The van der Waals surface area contributed by atoms with Gasteiger partial charge in [0.15, 0.2) is 0 Å². The van der Waals surface area contributed by atoms with E-state index in [0.717, 1.165) is 11.1 Å². The summed E-state index contributed by atoms with van der Waals surface area (Å²) in [5.74, 6) is -0.207. The molecule has 0 saturated carbocycles. The van der Waals surface area contributed by atoms with Crippen LogP contribution in [0, 0.1) is 0 Å². The van der Waals surface area contributed by atoms with E-state index in [9.17, 15) is 14.4 Å². The first kappa shape index (κ1) is 21.4. The molecule has 0 spiro atoms. The molecule has 31 heavy (non-hydrogen) atoms. The number of nitrogens with zero attached hydrogens (tertiary/aromatic N) is 1. The van der Waals surface area contributed by atoms with Crippen molar-refractivity contribution in [3.63, 3.8) is 0 Å². The highest BCUT2D eigenvalue weighted by molar-refractivity contribution is 7.99. The van der Waals surface area contributed by atoms with Gasteiger partial charge in [-0.05, 0) is 17.2 Å². The van der Waals surface area contributed by atoms with Crippen molar-refractivity contribution < 1.29 is 19.1 Å². The average molecular weight is 440 g/mol. The predicted molar refractivity (Wildman–Crippen MR) is 119 cm³/mol. The van der Waals surface area contributed by atoms with E-state index in [4.69, 9.17) is 4.74 Å². The number of fused-ring (bicyclic) bond motifs is 3. The number of carbonyl (C=O) groups excluding carboxylic acids is 3. The first-order chi connectivity index (χ1) is 15.1. The molecule has 7 nitrogen and oxygen atoms in total. The molecule has 2 N–H and O–H groups in total. The standard InChI is InChI=1S/C23H25N3O4S/c1-30-12-11-24-20(27)18(13-15-7-3-2-4-8-15)25-21(28)19-14-31-23-17-10-6-5-9-16(17)22(29)26(19)23/h2-10,18-19,23H,11-14H2,1H3,(H,24,27)(H,25,28). The number of hydrogen-bond donors (Lipinski definition) is 2. The smallest absolute Gasteiger partial charge is 0.256 e. The summed E-state index contributed by atoms with van der Waals surface area (Å²) in [6, 6.07) is 15.7. The van der Waals surface area contributed by atoms with E-state index in [2.05, 4.69) is 10.6 Å². The molecule has 162 valence electrons. The molecule has 3 atom stereocenters. The summed E-state index contributed by atoms with van der Waals surface area (Å²) >= 11 is 1.58. The molecule has 0 bridgehead atoms. The summed E-state index contributed by atoms with van der Waals surface area (Å²) < 4.78 is 4.99. The highest BCUT2D eigenvalue weighted by atomic mass is 32.2. The maximum atomic E-state index is 13.2. The van der Waals surface area contributed by atoms with Crippen LogP contribution in [0.3, 0.4) is 0 Å². The van der Waals surface area contributed by atoms with Crippen LogP contribution < -0.4 is 10.6 Å². The number of carbonyl (C=O) groups is 3. The Morgan fingerprint density at radius 3 is 2.68 bits per heavy atom. The molecule has 8 heteroatoms. The Morgan fingerprint density at radius 1 is 1.16 bits per heavy atom. The molecule has 2 heterocycles. The summed E-state index contributed by atoms with van der Waals surface area (Å²) in [5.41, 5.74) is 2.54. The van der Waals surface area contributed by atoms with Crippen LogP contribution in [0.15, 0.2) is 54.6 Å². The van der Waals surface area contributed by atoms with Gasteiger partial charge in [0.2, 0.25) is 11.8 Å². The van der Waals surface area contributed by atoms with Crippen LogP contribution in [0.2, 0.25) is 0 Å². The van der Waals surface area contributed by atoms with Crippen molar-refractivity contribution in [1.29, 1.82) is 0 Å². The lowest BCUT2D eigenvalue weighted by molar-refractivity contribution is -0.131. The number of thioether (sulfide) groups is 1. The minimum absolute atomic E-state index is 0.130. The van der Waals surface area contributed by atoms with E-state index in [0.29, 0.717) is 30.9 Å². The van der Waals surface area contributed by atoms with Gasteiger partial charge in [-0.3, -0.25) is 14.4 Å². The van der Waals surface area contributed by atoms with E-state index in [1.807, 2.05) is 48.5 Å². The van der Waals surface area contributed by atoms with Crippen molar-refractivity contribution in [2.24, 2.45) is 0 Å². The third-order valence-corrected chi connectivity index (χ3v) is 6.82. The summed E-state index contributed by atoms with van der Waals surface area (Å²) in [6.07, 6.45) is 0.364. The summed E-state index contributed by atoms with van der Waals surface area (Å²) in [4.78, 5) is 40.5. The van der Waals surface area contributed by atoms with Gasteiger partial charge in [0.05, 0.1) is 6.61 Å². The number of nitrogens with one attached hydrogen (secondary N) is 2. The fourth-order valence-electron chi connectivity index (χ4n) is 3.97. The fraction of sp³-hybridized carbons (Fsp3) is 0.348. The quantitative estimate of drug-likeness (QED) is 0.612. The first-order valence-electron chi connectivity index (χ1n) is 10.2. The van der Waals surface area contributed by atoms with Gasteiger partial charge in [0.1, 0.15) is 17.5 Å². The van der Waals surface area contributed by atoms with Gasteiger partial charge >= 0.3 is 0 Å². The maximum absolute atomic E-state index is 13.2. The number of benzene rings is 2. The molecular formula is C23H25N3O4S.